The number of rotatable bonds is 7. The van der Waals surface area contributed by atoms with Crippen LogP contribution >= 0.6 is 24.2 Å². The van der Waals surface area contributed by atoms with Gasteiger partial charge in [-0.1, -0.05) is 38.5 Å². The van der Waals surface area contributed by atoms with Gasteiger partial charge in [0.05, 0.1) is 6.04 Å². The summed E-state index contributed by atoms with van der Waals surface area (Å²) in [6, 6.07) is 9.77. The first kappa shape index (κ1) is 18.3. The highest BCUT2D eigenvalue weighted by molar-refractivity contribution is 7.99. The normalized spacial score (nSPS) is 13.2. The largest absolute Gasteiger partial charge is 0.354 e. The van der Waals surface area contributed by atoms with Crippen molar-refractivity contribution in [1.29, 1.82) is 0 Å². The van der Waals surface area contributed by atoms with Crippen LogP contribution in [0.15, 0.2) is 35.2 Å². The first-order valence-corrected chi connectivity index (χ1v) is 7.34. The van der Waals surface area contributed by atoms with Gasteiger partial charge in [-0.05, 0) is 18.1 Å². The third-order valence-corrected chi connectivity index (χ3v) is 3.99. The molecule has 0 aliphatic heterocycles. The number of nitrogens with one attached hydrogen (secondary N) is 1. The van der Waals surface area contributed by atoms with E-state index in [1.54, 1.807) is 11.8 Å². The summed E-state index contributed by atoms with van der Waals surface area (Å²) in [5.74, 6) is 1.05. The minimum atomic E-state index is -0.392. The van der Waals surface area contributed by atoms with Gasteiger partial charge < -0.3 is 11.1 Å². The number of carbonyl (C=O) groups excluding carboxylic acids is 1. The van der Waals surface area contributed by atoms with E-state index in [0.29, 0.717) is 6.54 Å². The fraction of sp³-hybridized carbons (Fsp3) is 0.500. The van der Waals surface area contributed by atoms with Crippen LogP contribution in [0.5, 0.6) is 0 Å². The van der Waals surface area contributed by atoms with Gasteiger partial charge in [0.2, 0.25) is 5.91 Å². The van der Waals surface area contributed by atoms with Gasteiger partial charge in [0.15, 0.2) is 0 Å². The standard InChI is InChI=1S/C14H22N2OS.ClH/c1-3-11(2)13(15)14(17)16-9-10-18-12-7-5-4-6-8-12;/h4-8,11,13H,3,9-10,15H2,1-2H3,(H,16,17);1H. The molecule has 5 heteroatoms. The molecule has 3 N–H and O–H groups in total. The van der Waals surface area contributed by atoms with E-state index in [0.717, 1.165) is 12.2 Å². The topological polar surface area (TPSA) is 55.1 Å². The maximum absolute atomic E-state index is 11.7. The summed E-state index contributed by atoms with van der Waals surface area (Å²) in [6.45, 7) is 4.70. The second kappa shape index (κ2) is 10.1. The third kappa shape index (κ3) is 6.85. The molecule has 0 heterocycles. The Morgan fingerprint density at radius 1 is 1.37 bits per heavy atom. The number of nitrogens with two attached hydrogens (primary N) is 1. The van der Waals surface area contributed by atoms with Gasteiger partial charge in [0.1, 0.15) is 0 Å². The zero-order valence-electron chi connectivity index (χ0n) is 11.5. The van der Waals surface area contributed by atoms with E-state index in [4.69, 9.17) is 5.73 Å². The number of halogens is 1. The SMILES string of the molecule is CCC(C)C(N)C(=O)NCCSc1ccccc1.Cl. The molecule has 1 rings (SSSR count). The molecule has 0 bridgehead atoms. The van der Waals surface area contributed by atoms with Gasteiger partial charge in [-0.2, -0.15) is 0 Å². The minimum absolute atomic E-state index is 0. The molecule has 2 atom stereocenters. The van der Waals surface area contributed by atoms with Crippen molar-refractivity contribution in [2.75, 3.05) is 12.3 Å². The molecule has 1 aromatic carbocycles. The van der Waals surface area contributed by atoms with E-state index in [9.17, 15) is 4.79 Å². The second-order valence-corrected chi connectivity index (χ2v) is 5.53. The predicted molar refractivity (Wildman–Crippen MR) is 84.9 cm³/mol. The van der Waals surface area contributed by atoms with E-state index < -0.39 is 6.04 Å². The lowest BCUT2D eigenvalue weighted by Crippen LogP contribution is -2.45. The van der Waals surface area contributed by atoms with Gasteiger partial charge in [-0.15, -0.1) is 24.2 Å². The van der Waals surface area contributed by atoms with Gasteiger partial charge in [-0.25, -0.2) is 0 Å². The van der Waals surface area contributed by atoms with Gasteiger partial charge >= 0.3 is 0 Å². The molecule has 0 aromatic heterocycles. The molecular formula is C14H23ClN2OS. The lowest BCUT2D eigenvalue weighted by atomic mass is 9.99. The lowest BCUT2D eigenvalue weighted by molar-refractivity contribution is -0.123. The Kier molecular flexibility index (Phi) is 9.74. The van der Waals surface area contributed by atoms with Crippen molar-refractivity contribution in [1.82, 2.24) is 5.32 Å². The van der Waals surface area contributed by atoms with Gasteiger partial charge in [0.25, 0.3) is 0 Å². The molecule has 0 saturated heterocycles. The fourth-order valence-corrected chi connectivity index (χ4v) is 2.28. The Bertz CT molecular complexity index is 362. The van der Waals surface area contributed by atoms with Crippen LogP contribution in [-0.2, 0) is 4.79 Å². The number of amides is 1. The summed E-state index contributed by atoms with van der Waals surface area (Å²) in [7, 11) is 0. The van der Waals surface area contributed by atoms with Crippen molar-refractivity contribution in [3.8, 4) is 0 Å². The average molecular weight is 303 g/mol. The zero-order chi connectivity index (χ0) is 13.4. The maximum atomic E-state index is 11.7. The first-order chi connectivity index (χ1) is 8.65. The van der Waals surface area contributed by atoms with Crippen molar-refractivity contribution in [2.24, 2.45) is 11.7 Å². The average Bonchev–Trinajstić information content (AvgIpc) is 2.42. The van der Waals surface area contributed by atoms with E-state index in [1.165, 1.54) is 4.90 Å². The van der Waals surface area contributed by atoms with E-state index in [1.807, 2.05) is 32.0 Å². The maximum Gasteiger partial charge on any atom is 0.237 e. The number of hydrogen-bond donors (Lipinski definition) is 2. The molecule has 0 aliphatic rings. The highest BCUT2D eigenvalue weighted by Gasteiger charge is 2.18. The Hall–Kier alpha value is -0.710. The van der Waals surface area contributed by atoms with E-state index in [-0.39, 0.29) is 24.2 Å². The Morgan fingerprint density at radius 3 is 2.58 bits per heavy atom. The Labute approximate surface area is 126 Å². The molecular weight excluding hydrogens is 280 g/mol. The van der Waals surface area contributed by atoms with Crippen LogP contribution in [0.3, 0.4) is 0 Å². The van der Waals surface area contributed by atoms with E-state index >= 15 is 0 Å². The number of benzene rings is 1. The summed E-state index contributed by atoms with van der Waals surface area (Å²) in [6.07, 6.45) is 0.924. The fourth-order valence-electron chi connectivity index (χ4n) is 1.49. The summed E-state index contributed by atoms with van der Waals surface area (Å²) in [5, 5.41) is 2.88. The predicted octanol–water partition coefficient (Wildman–Crippen LogP) is 2.69. The van der Waals surface area contributed by atoms with Gasteiger partial charge in [0, 0.05) is 17.2 Å². The van der Waals surface area contributed by atoms with Crippen molar-refractivity contribution in [3.05, 3.63) is 30.3 Å². The Morgan fingerprint density at radius 2 is 2.00 bits per heavy atom. The van der Waals surface area contributed by atoms with Crippen LogP contribution in [0.25, 0.3) is 0 Å². The molecule has 0 saturated carbocycles. The highest BCUT2D eigenvalue weighted by Crippen LogP contribution is 2.15. The monoisotopic (exact) mass is 302 g/mol. The molecule has 0 aliphatic carbocycles. The number of carbonyl (C=O) groups is 1. The molecule has 108 valence electrons. The Balaban J connectivity index is 0.00000324. The molecule has 19 heavy (non-hydrogen) atoms. The quantitative estimate of drug-likeness (QED) is 0.601. The third-order valence-electron chi connectivity index (χ3n) is 2.97. The van der Waals surface area contributed by atoms with E-state index in [2.05, 4.69) is 17.4 Å². The molecule has 0 fully saturated rings. The zero-order valence-corrected chi connectivity index (χ0v) is 13.1. The van der Waals surface area contributed by atoms with Crippen molar-refractivity contribution in [2.45, 2.75) is 31.2 Å². The first-order valence-electron chi connectivity index (χ1n) is 6.36. The number of hydrogen-bond acceptors (Lipinski definition) is 3. The van der Waals surface area contributed by atoms with Crippen LogP contribution in [0.2, 0.25) is 0 Å². The molecule has 1 amide bonds. The molecule has 2 unspecified atom stereocenters. The summed E-state index contributed by atoms with van der Waals surface area (Å²) < 4.78 is 0. The smallest absolute Gasteiger partial charge is 0.237 e. The van der Waals surface area contributed by atoms with Gasteiger partial charge in [-0.3, -0.25) is 4.79 Å². The van der Waals surface area contributed by atoms with Crippen LogP contribution < -0.4 is 11.1 Å². The van der Waals surface area contributed by atoms with Crippen LogP contribution in [-0.4, -0.2) is 24.2 Å². The summed E-state index contributed by atoms with van der Waals surface area (Å²) in [4.78, 5) is 12.9. The second-order valence-electron chi connectivity index (χ2n) is 4.36. The molecule has 0 spiro atoms. The van der Waals surface area contributed by atoms with Crippen molar-refractivity contribution < 1.29 is 4.79 Å². The minimum Gasteiger partial charge on any atom is -0.354 e. The molecule has 3 nitrogen and oxygen atoms in total. The van der Waals surface area contributed by atoms with Crippen LogP contribution in [0.1, 0.15) is 20.3 Å². The summed E-state index contributed by atoms with van der Waals surface area (Å²) >= 11 is 1.73. The van der Waals surface area contributed by atoms with Crippen molar-refractivity contribution in [3.63, 3.8) is 0 Å². The van der Waals surface area contributed by atoms with Crippen LogP contribution in [0.4, 0.5) is 0 Å². The van der Waals surface area contributed by atoms with Crippen LogP contribution in [0, 0.1) is 5.92 Å². The summed E-state index contributed by atoms with van der Waals surface area (Å²) in [5.41, 5.74) is 5.85. The highest BCUT2D eigenvalue weighted by atomic mass is 35.5. The molecule has 0 radical (unpaired) electrons. The lowest BCUT2D eigenvalue weighted by Gasteiger charge is -2.17. The molecule has 1 aromatic rings. The number of thioether (sulfide) groups is 1. The van der Waals surface area contributed by atoms with Crippen molar-refractivity contribution >= 4 is 30.1 Å².